The molecule has 0 amide bonds. The van der Waals surface area contributed by atoms with Crippen molar-refractivity contribution in [3.05, 3.63) is 33.9 Å². The third-order valence-electron chi connectivity index (χ3n) is 2.64. The van der Waals surface area contributed by atoms with E-state index in [1.807, 2.05) is 13.8 Å². The number of nitrogens with zero attached hydrogens (tertiary/aromatic N) is 1. The van der Waals surface area contributed by atoms with Crippen LogP contribution in [0.25, 0.3) is 0 Å². The molecule has 1 aliphatic heterocycles. The summed E-state index contributed by atoms with van der Waals surface area (Å²) in [6.45, 7) is 4.05. The van der Waals surface area contributed by atoms with Crippen LogP contribution in [0, 0.1) is 10.1 Å². The van der Waals surface area contributed by atoms with Gasteiger partial charge in [0.2, 0.25) is 0 Å². The van der Waals surface area contributed by atoms with Gasteiger partial charge in [-0.3, -0.25) is 10.1 Å². The number of hydrogen-bond acceptors (Lipinski definition) is 3. The Morgan fingerprint density at radius 3 is 2.87 bits per heavy atom. The predicted molar refractivity (Wildman–Crippen MR) is 56.1 cm³/mol. The molecular formula is C11H13NO3. The number of ether oxygens (including phenoxy) is 1. The van der Waals surface area contributed by atoms with Gasteiger partial charge in [0.15, 0.2) is 0 Å². The molecule has 0 saturated heterocycles. The minimum Gasteiger partial charge on any atom is -0.488 e. The van der Waals surface area contributed by atoms with Crippen molar-refractivity contribution in [1.82, 2.24) is 0 Å². The van der Waals surface area contributed by atoms with Gasteiger partial charge in [-0.2, -0.15) is 0 Å². The zero-order valence-electron chi connectivity index (χ0n) is 8.82. The molecule has 0 aromatic heterocycles. The lowest BCUT2D eigenvalue weighted by Crippen LogP contribution is -2.32. The van der Waals surface area contributed by atoms with E-state index in [-0.39, 0.29) is 16.2 Å². The Hall–Kier alpha value is -1.58. The molecule has 0 spiro atoms. The van der Waals surface area contributed by atoms with Gasteiger partial charge in [0.25, 0.3) is 5.69 Å². The van der Waals surface area contributed by atoms with E-state index in [0.29, 0.717) is 0 Å². The fourth-order valence-electron chi connectivity index (χ4n) is 1.76. The van der Waals surface area contributed by atoms with Gasteiger partial charge >= 0.3 is 0 Å². The Bertz CT molecular complexity index is 412. The lowest BCUT2D eigenvalue weighted by molar-refractivity contribution is -0.385. The summed E-state index contributed by atoms with van der Waals surface area (Å²) < 4.78 is 5.73. The van der Waals surface area contributed by atoms with E-state index in [4.69, 9.17) is 4.74 Å². The Labute approximate surface area is 88.0 Å². The summed E-state index contributed by atoms with van der Waals surface area (Å²) in [6.07, 6.45) is 1.73. The van der Waals surface area contributed by atoms with Gasteiger partial charge in [-0.15, -0.1) is 0 Å². The highest BCUT2D eigenvalue weighted by Gasteiger charge is 2.27. The maximum absolute atomic E-state index is 10.6. The molecule has 1 aromatic rings. The lowest BCUT2D eigenvalue weighted by Gasteiger charge is -2.32. The van der Waals surface area contributed by atoms with E-state index in [1.54, 1.807) is 12.1 Å². The molecule has 80 valence electrons. The van der Waals surface area contributed by atoms with E-state index in [1.165, 1.54) is 6.07 Å². The van der Waals surface area contributed by atoms with Crippen molar-refractivity contribution in [3.63, 3.8) is 0 Å². The quantitative estimate of drug-likeness (QED) is 0.525. The average molecular weight is 207 g/mol. The van der Waals surface area contributed by atoms with Gasteiger partial charge in [0, 0.05) is 17.7 Å². The summed E-state index contributed by atoms with van der Waals surface area (Å²) in [5.41, 5.74) is 0.906. The van der Waals surface area contributed by atoms with Crippen molar-refractivity contribution in [2.24, 2.45) is 0 Å². The number of fused-ring (bicyclic) bond motifs is 1. The highest BCUT2D eigenvalue weighted by molar-refractivity contribution is 5.45. The van der Waals surface area contributed by atoms with E-state index in [2.05, 4.69) is 0 Å². The van der Waals surface area contributed by atoms with Crippen LogP contribution in [0.2, 0.25) is 0 Å². The average Bonchev–Trinajstić information content (AvgIpc) is 2.15. The number of non-ortho nitro benzene ring substituents is 1. The van der Waals surface area contributed by atoms with E-state index >= 15 is 0 Å². The minimum atomic E-state index is -0.375. The Morgan fingerprint density at radius 1 is 1.47 bits per heavy atom. The summed E-state index contributed by atoms with van der Waals surface area (Å²) >= 11 is 0. The normalized spacial score (nSPS) is 17.7. The summed E-state index contributed by atoms with van der Waals surface area (Å²) in [4.78, 5) is 10.2. The molecule has 1 heterocycles. The molecule has 0 unspecified atom stereocenters. The zero-order valence-corrected chi connectivity index (χ0v) is 8.82. The summed E-state index contributed by atoms with van der Waals surface area (Å²) in [5.74, 6) is 0.775. The first-order valence-corrected chi connectivity index (χ1v) is 4.94. The second-order valence-electron chi connectivity index (χ2n) is 4.41. The van der Waals surface area contributed by atoms with Gasteiger partial charge < -0.3 is 4.74 Å². The summed E-state index contributed by atoms with van der Waals surface area (Å²) in [5, 5.41) is 10.6. The SMILES string of the molecule is CC1(C)CCc2cc([N+](=O)[O-])ccc2O1. The smallest absolute Gasteiger partial charge is 0.269 e. The van der Waals surface area contributed by atoms with Crippen molar-refractivity contribution in [2.75, 3.05) is 0 Å². The van der Waals surface area contributed by atoms with E-state index in [0.717, 1.165) is 24.2 Å². The van der Waals surface area contributed by atoms with Gasteiger partial charge in [-0.1, -0.05) is 0 Å². The van der Waals surface area contributed by atoms with Gasteiger partial charge in [-0.25, -0.2) is 0 Å². The van der Waals surface area contributed by atoms with Crippen molar-refractivity contribution >= 4 is 5.69 Å². The third kappa shape index (κ3) is 1.93. The van der Waals surface area contributed by atoms with Crippen LogP contribution in [-0.4, -0.2) is 10.5 Å². The molecule has 0 bridgehead atoms. The molecule has 4 heteroatoms. The molecule has 15 heavy (non-hydrogen) atoms. The first-order chi connectivity index (χ1) is 6.98. The number of rotatable bonds is 1. The second-order valence-corrected chi connectivity index (χ2v) is 4.41. The number of nitro groups is 1. The molecule has 0 fully saturated rings. The molecule has 0 saturated carbocycles. The van der Waals surface area contributed by atoms with Crippen LogP contribution >= 0.6 is 0 Å². The molecular weight excluding hydrogens is 194 g/mol. The molecule has 0 N–H and O–H groups in total. The first kappa shape index (κ1) is 9.96. The summed E-state index contributed by atoms with van der Waals surface area (Å²) in [7, 11) is 0. The van der Waals surface area contributed by atoms with Gasteiger partial charge in [-0.05, 0) is 32.8 Å². The molecule has 1 aromatic carbocycles. The molecule has 0 aliphatic carbocycles. The molecule has 1 aliphatic rings. The van der Waals surface area contributed by atoms with Gasteiger partial charge in [0.1, 0.15) is 11.4 Å². The van der Waals surface area contributed by atoms with Crippen molar-refractivity contribution < 1.29 is 9.66 Å². The standard InChI is InChI=1S/C11H13NO3/c1-11(2)6-5-8-7-9(12(13)14)3-4-10(8)15-11/h3-4,7H,5-6H2,1-2H3. The highest BCUT2D eigenvalue weighted by Crippen LogP contribution is 2.34. The van der Waals surface area contributed by atoms with Crippen molar-refractivity contribution in [2.45, 2.75) is 32.3 Å². The Balaban J connectivity index is 2.36. The first-order valence-electron chi connectivity index (χ1n) is 4.94. The van der Waals surface area contributed by atoms with Crippen molar-refractivity contribution in [3.8, 4) is 5.75 Å². The predicted octanol–water partition coefficient (Wildman–Crippen LogP) is 2.70. The van der Waals surface area contributed by atoms with Crippen LogP contribution < -0.4 is 4.74 Å². The van der Waals surface area contributed by atoms with Crippen LogP contribution in [0.3, 0.4) is 0 Å². The largest absolute Gasteiger partial charge is 0.488 e. The highest BCUT2D eigenvalue weighted by atomic mass is 16.6. The van der Waals surface area contributed by atoms with Crippen LogP contribution in [0.15, 0.2) is 18.2 Å². The number of hydrogen-bond donors (Lipinski definition) is 0. The maximum atomic E-state index is 10.6. The van der Waals surface area contributed by atoms with Crippen LogP contribution in [0.4, 0.5) is 5.69 Å². The number of aryl methyl sites for hydroxylation is 1. The van der Waals surface area contributed by atoms with Crippen LogP contribution in [0.1, 0.15) is 25.8 Å². The van der Waals surface area contributed by atoms with Crippen LogP contribution in [-0.2, 0) is 6.42 Å². The number of nitro benzene ring substituents is 1. The monoisotopic (exact) mass is 207 g/mol. The Morgan fingerprint density at radius 2 is 2.20 bits per heavy atom. The summed E-state index contributed by atoms with van der Waals surface area (Å²) in [6, 6.07) is 4.78. The fourth-order valence-corrected chi connectivity index (χ4v) is 1.76. The van der Waals surface area contributed by atoms with Gasteiger partial charge in [0.05, 0.1) is 4.92 Å². The van der Waals surface area contributed by atoms with Crippen molar-refractivity contribution in [1.29, 1.82) is 0 Å². The lowest BCUT2D eigenvalue weighted by atomic mass is 9.94. The fraction of sp³-hybridized carbons (Fsp3) is 0.455. The second kappa shape index (κ2) is 3.22. The van der Waals surface area contributed by atoms with Crippen LogP contribution in [0.5, 0.6) is 5.75 Å². The number of benzene rings is 1. The molecule has 0 atom stereocenters. The third-order valence-corrected chi connectivity index (χ3v) is 2.64. The van der Waals surface area contributed by atoms with E-state index in [9.17, 15) is 10.1 Å². The molecule has 0 radical (unpaired) electrons. The zero-order chi connectivity index (χ0) is 11.1. The minimum absolute atomic E-state index is 0.136. The Kier molecular flexibility index (Phi) is 2.14. The molecule has 4 nitrogen and oxygen atoms in total. The topological polar surface area (TPSA) is 52.4 Å². The maximum Gasteiger partial charge on any atom is 0.269 e. The van der Waals surface area contributed by atoms with E-state index < -0.39 is 0 Å². The molecule has 2 rings (SSSR count).